The van der Waals surface area contributed by atoms with Gasteiger partial charge in [0.25, 0.3) is 0 Å². The van der Waals surface area contributed by atoms with E-state index in [1.807, 2.05) is 0 Å². The fourth-order valence-electron chi connectivity index (χ4n) is 5.59. The number of hydrogen-bond donors (Lipinski definition) is 7. The van der Waals surface area contributed by atoms with Crippen LogP contribution in [-0.4, -0.2) is 173 Å². The lowest BCUT2D eigenvalue weighted by Crippen LogP contribution is -2.66. The Morgan fingerprint density at radius 1 is 0.750 bits per heavy atom. The Bertz CT molecular complexity index is 1050. The third-order valence-electron chi connectivity index (χ3n) is 8.38. The Labute approximate surface area is 302 Å². The molecule has 5 unspecified atom stereocenters. The van der Waals surface area contributed by atoms with Crippen molar-refractivity contribution in [3.8, 4) is 0 Å². The first-order chi connectivity index (χ1) is 24.6. The van der Waals surface area contributed by atoms with Gasteiger partial charge in [0, 0.05) is 27.4 Å². The van der Waals surface area contributed by atoms with E-state index in [2.05, 4.69) is 6.92 Å². The third kappa shape index (κ3) is 14.6. The molecule has 304 valence electrons. The van der Waals surface area contributed by atoms with Crippen LogP contribution in [0.4, 0.5) is 0 Å². The van der Waals surface area contributed by atoms with E-state index in [4.69, 9.17) is 42.6 Å². The standard InChI is InChI=1S/C33H58O19/c1-6-7-8-9-10-11-12-44-32-30(28(43)26(41)22(14-35)49-32)52-33-31(47-20(5)39)29(27(42)23(50-33)15-45-18(3)37)51-24(16-46-19(4)38)48-21(13-34)25(40)17(2)36/h17,21-36,40-43H,6-16H2,1-5H3/t17-,21?,22?,23?,24-,25+,26-,27-,28+,29+,30?,31?,32+,33-/m1/s1. The number of esters is 3. The van der Waals surface area contributed by atoms with Gasteiger partial charge in [0.1, 0.15) is 68.1 Å². The molecule has 2 aliphatic heterocycles. The van der Waals surface area contributed by atoms with Gasteiger partial charge in [0.05, 0.1) is 19.3 Å². The molecule has 14 atom stereocenters. The highest BCUT2D eigenvalue weighted by Crippen LogP contribution is 2.33. The van der Waals surface area contributed by atoms with Gasteiger partial charge in [-0.2, -0.15) is 0 Å². The summed E-state index contributed by atoms with van der Waals surface area (Å²) in [5.74, 6) is -2.46. The van der Waals surface area contributed by atoms with Crippen molar-refractivity contribution < 1.29 is 92.8 Å². The highest BCUT2D eigenvalue weighted by molar-refractivity contribution is 5.66. The van der Waals surface area contributed by atoms with Gasteiger partial charge in [-0.3, -0.25) is 14.4 Å². The minimum Gasteiger partial charge on any atom is -0.463 e. The molecule has 0 aromatic rings. The number of aliphatic hydroxyl groups excluding tert-OH is 7. The fraction of sp³-hybridized carbons (Fsp3) is 0.909. The van der Waals surface area contributed by atoms with Crippen molar-refractivity contribution in [1.29, 1.82) is 0 Å². The van der Waals surface area contributed by atoms with Crippen molar-refractivity contribution in [3.05, 3.63) is 0 Å². The summed E-state index contributed by atoms with van der Waals surface area (Å²) in [6, 6.07) is 0. The van der Waals surface area contributed by atoms with Gasteiger partial charge < -0.3 is 78.4 Å². The van der Waals surface area contributed by atoms with E-state index in [1.54, 1.807) is 0 Å². The quantitative estimate of drug-likeness (QED) is 0.0261. The van der Waals surface area contributed by atoms with Crippen LogP contribution < -0.4 is 0 Å². The zero-order valence-corrected chi connectivity index (χ0v) is 30.4. The van der Waals surface area contributed by atoms with Gasteiger partial charge in [0.15, 0.2) is 25.0 Å². The zero-order chi connectivity index (χ0) is 39.0. The van der Waals surface area contributed by atoms with Gasteiger partial charge in [0.2, 0.25) is 0 Å². The van der Waals surface area contributed by atoms with Gasteiger partial charge in [-0.25, -0.2) is 0 Å². The van der Waals surface area contributed by atoms with Crippen LogP contribution in [0, 0.1) is 0 Å². The van der Waals surface area contributed by atoms with E-state index in [-0.39, 0.29) is 6.61 Å². The van der Waals surface area contributed by atoms with Gasteiger partial charge in [-0.15, -0.1) is 0 Å². The molecule has 2 aliphatic rings. The number of ether oxygens (including phenoxy) is 9. The largest absolute Gasteiger partial charge is 0.463 e. The molecule has 0 aliphatic carbocycles. The lowest BCUT2D eigenvalue weighted by molar-refractivity contribution is -0.378. The second kappa shape index (κ2) is 23.6. The smallest absolute Gasteiger partial charge is 0.303 e. The Balaban J connectivity index is 2.48. The molecule has 0 bridgehead atoms. The highest BCUT2D eigenvalue weighted by atomic mass is 16.8. The van der Waals surface area contributed by atoms with Crippen LogP contribution in [-0.2, 0) is 57.0 Å². The molecule has 19 heteroatoms. The fourth-order valence-corrected chi connectivity index (χ4v) is 5.59. The molecule has 2 fully saturated rings. The number of hydrogen-bond acceptors (Lipinski definition) is 19. The van der Waals surface area contributed by atoms with Crippen molar-refractivity contribution in [2.45, 2.75) is 159 Å². The molecule has 0 aromatic heterocycles. The molecular formula is C33H58O19. The summed E-state index contributed by atoms with van der Waals surface area (Å²) in [7, 11) is 0. The maximum Gasteiger partial charge on any atom is 0.303 e. The van der Waals surface area contributed by atoms with E-state index >= 15 is 0 Å². The number of unbranched alkanes of at least 4 members (excludes halogenated alkanes) is 5. The van der Waals surface area contributed by atoms with Crippen LogP contribution in [0.3, 0.4) is 0 Å². The second-order valence-electron chi connectivity index (χ2n) is 12.8. The van der Waals surface area contributed by atoms with Gasteiger partial charge >= 0.3 is 17.9 Å². The first-order valence-electron chi connectivity index (χ1n) is 17.6. The van der Waals surface area contributed by atoms with Crippen molar-refractivity contribution in [1.82, 2.24) is 0 Å². The summed E-state index contributed by atoms with van der Waals surface area (Å²) in [5, 5.41) is 73.3. The van der Waals surface area contributed by atoms with Crippen molar-refractivity contribution in [2.24, 2.45) is 0 Å². The van der Waals surface area contributed by atoms with Crippen LogP contribution in [0.1, 0.15) is 73.1 Å². The van der Waals surface area contributed by atoms with Crippen LogP contribution in [0.5, 0.6) is 0 Å². The molecule has 52 heavy (non-hydrogen) atoms. The molecular weight excluding hydrogens is 700 g/mol. The molecule has 2 saturated heterocycles. The molecule has 7 N–H and O–H groups in total. The average molecular weight is 759 g/mol. The molecule has 19 nitrogen and oxygen atoms in total. The predicted molar refractivity (Wildman–Crippen MR) is 174 cm³/mol. The normalized spacial score (nSPS) is 31.6. The predicted octanol–water partition coefficient (Wildman–Crippen LogP) is -1.84. The lowest BCUT2D eigenvalue weighted by atomic mass is 9.97. The molecule has 2 rings (SSSR count). The highest BCUT2D eigenvalue weighted by Gasteiger charge is 2.54. The Kier molecular flexibility index (Phi) is 20.9. The third-order valence-corrected chi connectivity index (χ3v) is 8.38. The molecule has 0 aromatic carbocycles. The first kappa shape index (κ1) is 46.0. The monoisotopic (exact) mass is 758 g/mol. The zero-order valence-electron chi connectivity index (χ0n) is 30.4. The topological polar surface area (TPSA) is 276 Å². The SMILES string of the molecule is CCCCCCCCO[C@H]1OC(CO)[C@@H](O)[C@H](O)C1O[C@H]1OC(COC(C)=O)[C@@H](O)[C@H](O[C@H](COC(C)=O)OC(CO)[C@@H](O)[C@@H](C)O)C1OC(C)=O. The summed E-state index contributed by atoms with van der Waals surface area (Å²) < 4.78 is 50.8. The minimum absolute atomic E-state index is 0.148. The maximum atomic E-state index is 12.4. The van der Waals surface area contributed by atoms with Crippen LogP contribution >= 0.6 is 0 Å². The van der Waals surface area contributed by atoms with Gasteiger partial charge in [-0.1, -0.05) is 39.0 Å². The lowest BCUT2D eigenvalue weighted by Gasteiger charge is -2.47. The summed E-state index contributed by atoms with van der Waals surface area (Å²) in [5.41, 5.74) is 0. The van der Waals surface area contributed by atoms with Crippen LogP contribution in [0.15, 0.2) is 0 Å². The average Bonchev–Trinajstić information content (AvgIpc) is 3.09. The molecule has 0 radical (unpaired) electrons. The molecule has 0 amide bonds. The molecule has 0 saturated carbocycles. The van der Waals surface area contributed by atoms with E-state index < -0.39 is 130 Å². The van der Waals surface area contributed by atoms with Crippen LogP contribution in [0.2, 0.25) is 0 Å². The Hall–Kier alpha value is -2.11. The number of rotatable bonds is 23. The maximum absolute atomic E-state index is 12.4. The molecule has 0 spiro atoms. The summed E-state index contributed by atoms with van der Waals surface area (Å²) in [6.07, 6.45) is -16.7. The second-order valence-corrected chi connectivity index (χ2v) is 12.8. The van der Waals surface area contributed by atoms with Crippen molar-refractivity contribution in [3.63, 3.8) is 0 Å². The Morgan fingerprint density at radius 2 is 1.38 bits per heavy atom. The van der Waals surface area contributed by atoms with Gasteiger partial charge in [-0.05, 0) is 13.3 Å². The first-order valence-corrected chi connectivity index (χ1v) is 17.6. The number of carbonyl (C=O) groups excluding carboxylic acids is 3. The van der Waals surface area contributed by atoms with E-state index in [0.29, 0.717) is 6.42 Å². The minimum atomic E-state index is -1.79. The van der Waals surface area contributed by atoms with E-state index in [9.17, 15) is 50.1 Å². The Morgan fingerprint density at radius 3 is 1.96 bits per heavy atom. The van der Waals surface area contributed by atoms with E-state index in [0.717, 1.165) is 52.9 Å². The summed E-state index contributed by atoms with van der Waals surface area (Å²) in [4.78, 5) is 35.8. The summed E-state index contributed by atoms with van der Waals surface area (Å²) >= 11 is 0. The number of aliphatic hydroxyl groups is 7. The van der Waals surface area contributed by atoms with Crippen LogP contribution in [0.25, 0.3) is 0 Å². The molecule has 2 heterocycles. The summed E-state index contributed by atoms with van der Waals surface area (Å²) in [6.45, 7) is 3.90. The number of carbonyl (C=O) groups is 3. The van der Waals surface area contributed by atoms with E-state index in [1.165, 1.54) is 6.92 Å². The van der Waals surface area contributed by atoms with Crippen molar-refractivity contribution in [2.75, 3.05) is 33.0 Å². The van der Waals surface area contributed by atoms with Crippen molar-refractivity contribution >= 4 is 17.9 Å².